The van der Waals surface area contributed by atoms with Crippen LogP contribution in [-0.4, -0.2) is 15.9 Å². The Morgan fingerprint density at radius 1 is 1.25 bits per heavy atom. The Balaban J connectivity index is 2.05. The van der Waals surface area contributed by atoms with Gasteiger partial charge >= 0.3 is 6.01 Å². The van der Waals surface area contributed by atoms with Crippen LogP contribution in [-0.2, 0) is 4.79 Å². The van der Waals surface area contributed by atoms with Crippen LogP contribution in [0.25, 0.3) is 0 Å². The topological polar surface area (TPSA) is 64.1 Å². The van der Waals surface area contributed by atoms with Crippen LogP contribution in [0.3, 0.4) is 0 Å². The molecule has 5 nitrogen and oxygen atoms in total. The minimum absolute atomic E-state index is 0.0117. The number of halogens is 1. The van der Waals surface area contributed by atoms with Crippen molar-refractivity contribution in [3.8, 4) is 11.8 Å². The summed E-state index contributed by atoms with van der Waals surface area (Å²) in [7, 11) is 0. The molecule has 0 spiro atoms. The number of rotatable bonds is 4. The maximum Gasteiger partial charge on any atom is 0.322 e. The molecule has 1 aromatic heterocycles. The van der Waals surface area contributed by atoms with Gasteiger partial charge < -0.3 is 10.1 Å². The lowest BCUT2D eigenvalue weighted by molar-refractivity contribution is -0.118. The molecular weight excluding hydrogens is 261 g/mol. The second-order valence-electron chi connectivity index (χ2n) is 4.43. The number of carbonyl (C=O) groups is 1. The third kappa shape index (κ3) is 3.50. The Morgan fingerprint density at radius 2 is 1.90 bits per heavy atom. The third-order valence-electron chi connectivity index (χ3n) is 2.46. The summed E-state index contributed by atoms with van der Waals surface area (Å²) in [6, 6.07) is 5.99. The molecule has 1 aromatic carbocycles. The monoisotopic (exact) mass is 275 g/mol. The standard InChI is InChI=1S/C14H14FN3O2/c1-9(2)13(19)18-10-7-16-14(17-8-10)20-12-6-4-3-5-11(12)15/h3-9H,1-2H3,(H,18,19). The van der Waals surface area contributed by atoms with Gasteiger partial charge in [0.05, 0.1) is 18.1 Å². The molecule has 6 heteroatoms. The average molecular weight is 275 g/mol. The minimum Gasteiger partial charge on any atom is -0.421 e. The van der Waals surface area contributed by atoms with Crippen molar-refractivity contribution in [2.75, 3.05) is 5.32 Å². The Kier molecular flexibility index (Phi) is 4.24. The summed E-state index contributed by atoms with van der Waals surface area (Å²) in [4.78, 5) is 19.3. The molecule has 0 radical (unpaired) electrons. The fourth-order valence-corrected chi connectivity index (χ4v) is 1.35. The predicted molar refractivity (Wildman–Crippen MR) is 72.0 cm³/mol. The van der Waals surface area contributed by atoms with Crippen LogP contribution in [0.2, 0.25) is 0 Å². The molecule has 0 bridgehead atoms. The van der Waals surface area contributed by atoms with E-state index >= 15 is 0 Å². The van der Waals surface area contributed by atoms with Gasteiger partial charge in [0.1, 0.15) is 0 Å². The molecule has 2 rings (SSSR count). The van der Waals surface area contributed by atoms with Crippen LogP contribution in [0.4, 0.5) is 10.1 Å². The van der Waals surface area contributed by atoms with E-state index in [0.717, 1.165) is 0 Å². The van der Waals surface area contributed by atoms with Crippen LogP contribution < -0.4 is 10.1 Å². The number of anilines is 1. The Bertz CT molecular complexity index is 600. The molecule has 0 saturated heterocycles. The van der Waals surface area contributed by atoms with E-state index < -0.39 is 5.82 Å². The molecule has 0 aliphatic rings. The lowest BCUT2D eigenvalue weighted by Crippen LogP contribution is -2.17. The Hall–Kier alpha value is -2.50. The summed E-state index contributed by atoms with van der Waals surface area (Å²) in [6.45, 7) is 3.57. The zero-order valence-corrected chi connectivity index (χ0v) is 11.1. The van der Waals surface area contributed by atoms with E-state index in [-0.39, 0.29) is 23.6 Å². The van der Waals surface area contributed by atoms with Gasteiger partial charge in [0.25, 0.3) is 0 Å². The summed E-state index contributed by atoms with van der Waals surface area (Å²) in [5.74, 6) is -0.708. The molecule has 1 amide bonds. The molecule has 0 saturated carbocycles. The minimum atomic E-state index is -0.492. The largest absolute Gasteiger partial charge is 0.421 e. The van der Waals surface area contributed by atoms with Crippen LogP contribution in [0, 0.1) is 11.7 Å². The van der Waals surface area contributed by atoms with Crippen LogP contribution >= 0.6 is 0 Å². The van der Waals surface area contributed by atoms with Gasteiger partial charge in [-0.15, -0.1) is 0 Å². The first-order chi connectivity index (χ1) is 9.56. The zero-order chi connectivity index (χ0) is 14.5. The molecule has 20 heavy (non-hydrogen) atoms. The van der Waals surface area contributed by atoms with Crippen LogP contribution in [0.5, 0.6) is 11.8 Å². The third-order valence-corrected chi connectivity index (χ3v) is 2.46. The maximum absolute atomic E-state index is 13.4. The van der Waals surface area contributed by atoms with E-state index in [1.165, 1.54) is 24.5 Å². The summed E-state index contributed by atoms with van der Waals surface area (Å²) in [5.41, 5.74) is 0.463. The molecule has 0 fully saturated rings. The number of carbonyl (C=O) groups excluding carboxylic acids is 1. The number of aromatic nitrogens is 2. The summed E-state index contributed by atoms with van der Waals surface area (Å²) >= 11 is 0. The van der Waals surface area contributed by atoms with Gasteiger partial charge in [0.2, 0.25) is 5.91 Å². The highest BCUT2D eigenvalue weighted by atomic mass is 19.1. The van der Waals surface area contributed by atoms with Gasteiger partial charge in [0.15, 0.2) is 11.6 Å². The van der Waals surface area contributed by atoms with Crippen molar-refractivity contribution in [2.45, 2.75) is 13.8 Å². The zero-order valence-electron chi connectivity index (χ0n) is 11.1. The van der Waals surface area contributed by atoms with E-state index in [1.807, 2.05) is 0 Å². The quantitative estimate of drug-likeness (QED) is 0.931. The predicted octanol–water partition coefficient (Wildman–Crippen LogP) is 3.00. The number of ether oxygens (including phenoxy) is 1. The first-order valence-corrected chi connectivity index (χ1v) is 6.11. The molecular formula is C14H14FN3O2. The fourth-order valence-electron chi connectivity index (χ4n) is 1.35. The van der Waals surface area contributed by atoms with Crippen molar-refractivity contribution < 1.29 is 13.9 Å². The molecule has 0 aliphatic carbocycles. The van der Waals surface area contributed by atoms with E-state index in [9.17, 15) is 9.18 Å². The van der Waals surface area contributed by atoms with E-state index in [1.54, 1.807) is 26.0 Å². The van der Waals surface area contributed by atoms with Crippen molar-refractivity contribution >= 4 is 11.6 Å². The van der Waals surface area contributed by atoms with Crippen molar-refractivity contribution in [3.63, 3.8) is 0 Å². The van der Waals surface area contributed by atoms with Crippen LogP contribution in [0.15, 0.2) is 36.7 Å². The first kappa shape index (κ1) is 13.9. The number of benzene rings is 1. The second-order valence-corrected chi connectivity index (χ2v) is 4.43. The smallest absolute Gasteiger partial charge is 0.322 e. The lowest BCUT2D eigenvalue weighted by Gasteiger charge is -2.08. The van der Waals surface area contributed by atoms with E-state index in [0.29, 0.717) is 5.69 Å². The SMILES string of the molecule is CC(C)C(=O)Nc1cnc(Oc2ccccc2F)nc1. The number of nitrogens with one attached hydrogen (secondary N) is 1. The van der Waals surface area contributed by atoms with Crippen molar-refractivity contribution in [3.05, 3.63) is 42.5 Å². The number of hydrogen-bond donors (Lipinski definition) is 1. The normalized spacial score (nSPS) is 10.4. The highest BCUT2D eigenvalue weighted by Gasteiger charge is 2.09. The Morgan fingerprint density at radius 3 is 2.50 bits per heavy atom. The average Bonchev–Trinajstić information content (AvgIpc) is 2.43. The molecule has 1 N–H and O–H groups in total. The van der Waals surface area contributed by atoms with Crippen LogP contribution in [0.1, 0.15) is 13.8 Å². The fraction of sp³-hybridized carbons (Fsp3) is 0.214. The van der Waals surface area contributed by atoms with Gasteiger partial charge in [-0.3, -0.25) is 4.79 Å². The first-order valence-electron chi connectivity index (χ1n) is 6.11. The second kappa shape index (κ2) is 6.10. The highest BCUT2D eigenvalue weighted by molar-refractivity contribution is 5.91. The highest BCUT2D eigenvalue weighted by Crippen LogP contribution is 2.21. The number of nitrogens with zero attached hydrogens (tertiary/aromatic N) is 2. The van der Waals surface area contributed by atoms with Gasteiger partial charge in [-0.25, -0.2) is 14.4 Å². The van der Waals surface area contributed by atoms with Gasteiger partial charge in [-0.1, -0.05) is 26.0 Å². The van der Waals surface area contributed by atoms with Gasteiger partial charge in [0, 0.05) is 5.92 Å². The lowest BCUT2D eigenvalue weighted by atomic mass is 10.2. The molecule has 0 unspecified atom stereocenters. The Labute approximate surface area is 115 Å². The molecule has 0 atom stereocenters. The van der Waals surface area contributed by atoms with E-state index in [2.05, 4.69) is 15.3 Å². The van der Waals surface area contributed by atoms with Gasteiger partial charge in [-0.05, 0) is 12.1 Å². The number of para-hydroxylation sites is 1. The summed E-state index contributed by atoms with van der Waals surface area (Å²) < 4.78 is 18.6. The molecule has 1 heterocycles. The van der Waals surface area contributed by atoms with Crippen molar-refractivity contribution in [2.24, 2.45) is 5.92 Å². The van der Waals surface area contributed by atoms with Crippen molar-refractivity contribution in [1.29, 1.82) is 0 Å². The number of amides is 1. The summed E-state index contributed by atoms with van der Waals surface area (Å²) in [6.07, 6.45) is 2.81. The van der Waals surface area contributed by atoms with E-state index in [4.69, 9.17) is 4.74 Å². The molecule has 2 aromatic rings. The van der Waals surface area contributed by atoms with Crippen molar-refractivity contribution in [1.82, 2.24) is 9.97 Å². The summed E-state index contributed by atoms with van der Waals surface area (Å²) in [5, 5.41) is 2.65. The molecule has 0 aliphatic heterocycles. The van der Waals surface area contributed by atoms with Gasteiger partial charge in [-0.2, -0.15) is 0 Å². The number of hydrogen-bond acceptors (Lipinski definition) is 4. The molecule has 104 valence electrons. The maximum atomic E-state index is 13.4.